The zero-order valence-electron chi connectivity index (χ0n) is 18.0. The summed E-state index contributed by atoms with van der Waals surface area (Å²) in [6.07, 6.45) is -0.921. The molecule has 0 aliphatic carbocycles. The summed E-state index contributed by atoms with van der Waals surface area (Å²) >= 11 is 1.55. The number of esters is 1. The van der Waals surface area contributed by atoms with Crippen molar-refractivity contribution in [1.82, 2.24) is 4.90 Å². The van der Waals surface area contributed by atoms with Crippen LogP contribution in [-0.4, -0.2) is 57.2 Å². The van der Waals surface area contributed by atoms with Gasteiger partial charge in [-0.1, -0.05) is 18.2 Å². The van der Waals surface area contributed by atoms with E-state index in [4.69, 9.17) is 9.47 Å². The molecule has 7 heteroatoms. The number of benzene rings is 2. The van der Waals surface area contributed by atoms with E-state index in [1.54, 1.807) is 23.8 Å². The molecule has 1 aliphatic heterocycles. The first-order valence-electron chi connectivity index (χ1n) is 9.84. The molecule has 2 atom stereocenters. The van der Waals surface area contributed by atoms with Crippen LogP contribution in [0, 0.1) is 6.92 Å². The van der Waals surface area contributed by atoms with Crippen LogP contribution < -0.4 is 9.64 Å². The Morgan fingerprint density at radius 2 is 1.87 bits per heavy atom. The number of ether oxygens (including phenoxy) is 2. The summed E-state index contributed by atoms with van der Waals surface area (Å²) in [4.78, 5) is 30.4. The highest BCUT2D eigenvalue weighted by molar-refractivity contribution is 7.99. The van der Waals surface area contributed by atoms with Gasteiger partial charge in [0.15, 0.2) is 6.10 Å². The summed E-state index contributed by atoms with van der Waals surface area (Å²) in [5.41, 5.74) is 2.84. The number of hydrogen-bond donors (Lipinski definition) is 0. The number of hydrogen-bond acceptors (Lipinski definition) is 6. The molecule has 2 unspecified atom stereocenters. The highest BCUT2D eigenvalue weighted by atomic mass is 32.2. The van der Waals surface area contributed by atoms with Crippen molar-refractivity contribution in [1.29, 1.82) is 0 Å². The number of aryl methyl sites for hydroxylation is 1. The third kappa shape index (κ3) is 4.96. The number of nitrogens with zero attached hydrogens (tertiary/aromatic N) is 2. The monoisotopic (exact) mass is 428 g/mol. The van der Waals surface area contributed by atoms with Gasteiger partial charge in [-0.3, -0.25) is 9.59 Å². The Morgan fingerprint density at radius 1 is 1.17 bits per heavy atom. The minimum Gasteiger partial charge on any atom is -0.497 e. The third-order valence-electron chi connectivity index (χ3n) is 4.95. The molecule has 1 aliphatic rings. The van der Waals surface area contributed by atoms with Crippen molar-refractivity contribution in [2.75, 3.05) is 39.2 Å². The lowest BCUT2D eigenvalue weighted by atomic mass is 10.1. The normalized spacial score (nSPS) is 18.7. The second-order valence-corrected chi connectivity index (χ2v) is 8.79. The molecule has 30 heavy (non-hydrogen) atoms. The van der Waals surface area contributed by atoms with Gasteiger partial charge < -0.3 is 19.3 Å². The average molecular weight is 429 g/mol. The Balaban J connectivity index is 2.09. The van der Waals surface area contributed by atoms with Crippen molar-refractivity contribution in [3.8, 4) is 5.75 Å². The molecule has 0 spiro atoms. The number of rotatable bonds is 6. The molecule has 0 fully saturated rings. The summed E-state index contributed by atoms with van der Waals surface area (Å²) in [6, 6.07) is 13.7. The van der Waals surface area contributed by atoms with Crippen molar-refractivity contribution in [2.24, 2.45) is 0 Å². The van der Waals surface area contributed by atoms with Crippen LogP contribution in [0.15, 0.2) is 47.4 Å². The topological polar surface area (TPSA) is 59.1 Å². The Bertz CT molecular complexity index is 914. The van der Waals surface area contributed by atoms with Crippen molar-refractivity contribution in [2.45, 2.75) is 30.1 Å². The van der Waals surface area contributed by atoms with E-state index in [2.05, 4.69) is 0 Å². The van der Waals surface area contributed by atoms with Gasteiger partial charge in [-0.05, 0) is 56.4 Å². The fourth-order valence-corrected chi connectivity index (χ4v) is 4.70. The Hall–Kier alpha value is -2.51. The smallest absolute Gasteiger partial charge is 0.303 e. The average Bonchev–Trinajstić information content (AvgIpc) is 2.81. The molecule has 0 N–H and O–H groups in total. The quantitative estimate of drug-likeness (QED) is 0.655. The number of carbonyl (C=O) groups is 2. The van der Waals surface area contributed by atoms with E-state index in [1.807, 2.05) is 68.4 Å². The van der Waals surface area contributed by atoms with Gasteiger partial charge in [-0.2, -0.15) is 0 Å². The summed E-state index contributed by atoms with van der Waals surface area (Å²) in [5.74, 6) is 0.0586. The van der Waals surface area contributed by atoms with Crippen molar-refractivity contribution in [3.05, 3.63) is 53.6 Å². The molecule has 1 amide bonds. The van der Waals surface area contributed by atoms with Crippen LogP contribution in [0.1, 0.15) is 23.3 Å². The van der Waals surface area contributed by atoms with E-state index in [0.29, 0.717) is 13.1 Å². The number of amides is 1. The number of likely N-dealkylation sites (N-methyl/N-ethyl adjacent to an activating group) is 1. The van der Waals surface area contributed by atoms with Gasteiger partial charge >= 0.3 is 5.97 Å². The van der Waals surface area contributed by atoms with Gasteiger partial charge in [-0.15, -0.1) is 11.8 Å². The van der Waals surface area contributed by atoms with Crippen molar-refractivity contribution < 1.29 is 19.1 Å². The van der Waals surface area contributed by atoms with Gasteiger partial charge in [0.2, 0.25) is 0 Å². The van der Waals surface area contributed by atoms with E-state index < -0.39 is 12.1 Å². The van der Waals surface area contributed by atoms with Crippen LogP contribution in [0.5, 0.6) is 5.75 Å². The molecule has 160 valence electrons. The minimum absolute atomic E-state index is 0.204. The number of methoxy groups -OCH3 is 1. The highest BCUT2D eigenvalue weighted by Crippen LogP contribution is 2.47. The first-order valence-corrected chi connectivity index (χ1v) is 10.7. The zero-order chi connectivity index (χ0) is 21.8. The molecule has 0 radical (unpaired) electrons. The predicted molar refractivity (Wildman–Crippen MR) is 119 cm³/mol. The molecule has 3 rings (SSSR count). The molecule has 2 aromatic rings. The van der Waals surface area contributed by atoms with Crippen LogP contribution in [0.2, 0.25) is 0 Å². The van der Waals surface area contributed by atoms with Crippen molar-refractivity contribution >= 4 is 29.3 Å². The van der Waals surface area contributed by atoms with Gasteiger partial charge in [0, 0.05) is 24.9 Å². The second-order valence-electron chi connectivity index (χ2n) is 7.61. The lowest BCUT2D eigenvalue weighted by Crippen LogP contribution is -2.45. The Kier molecular flexibility index (Phi) is 7.05. The first-order chi connectivity index (χ1) is 14.3. The summed E-state index contributed by atoms with van der Waals surface area (Å²) in [5, 5.41) is -0.363. The third-order valence-corrected chi connectivity index (χ3v) is 6.32. The van der Waals surface area contributed by atoms with E-state index in [0.717, 1.165) is 27.5 Å². The fraction of sp³-hybridized carbons (Fsp3) is 0.391. The van der Waals surface area contributed by atoms with E-state index in [1.165, 1.54) is 6.92 Å². The Morgan fingerprint density at radius 3 is 2.47 bits per heavy atom. The first kappa shape index (κ1) is 22.2. The van der Waals surface area contributed by atoms with E-state index >= 15 is 0 Å². The number of anilines is 1. The van der Waals surface area contributed by atoms with Gasteiger partial charge in [0.25, 0.3) is 5.91 Å². The SMILES string of the molecule is COc1ccc(C2Sc3ccc(C)cc3N(CCN(C)C)C(=O)C2OC(C)=O)cc1. The lowest BCUT2D eigenvalue weighted by Gasteiger charge is -2.28. The Labute approximate surface area is 182 Å². The standard InChI is InChI=1S/C23H28N2O4S/c1-15-6-11-20-19(14-15)25(13-12-24(3)4)23(27)21(29-16(2)26)22(30-20)17-7-9-18(28-5)10-8-17/h6-11,14,21-22H,12-13H2,1-5H3. The predicted octanol–water partition coefficient (Wildman–Crippen LogP) is 3.68. The van der Waals surface area contributed by atoms with Crippen molar-refractivity contribution in [3.63, 3.8) is 0 Å². The maximum absolute atomic E-state index is 13.7. The van der Waals surface area contributed by atoms with Crippen LogP contribution in [0.4, 0.5) is 5.69 Å². The molecule has 1 heterocycles. The maximum atomic E-state index is 13.7. The van der Waals surface area contributed by atoms with Gasteiger partial charge in [0.1, 0.15) is 5.75 Å². The summed E-state index contributed by atoms with van der Waals surface area (Å²) in [7, 11) is 5.55. The lowest BCUT2D eigenvalue weighted by molar-refractivity contribution is -0.152. The molecular weight excluding hydrogens is 400 g/mol. The van der Waals surface area contributed by atoms with Gasteiger partial charge in [0.05, 0.1) is 18.0 Å². The molecule has 0 saturated heterocycles. The molecule has 0 saturated carbocycles. The minimum atomic E-state index is -0.921. The number of thioether (sulfide) groups is 1. The molecule has 2 aromatic carbocycles. The molecule has 0 bridgehead atoms. The van der Waals surface area contributed by atoms with Gasteiger partial charge in [-0.25, -0.2) is 0 Å². The van der Waals surface area contributed by atoms with Crippen LogP contribution in [0.3, 0.4) is 0 Å². The number of fused-ring (bicyclic) bond motifs is 1. The summed E-state index contributed by atoms with van der Waals surface area (Å²) in [6.45, 7) is 4.56. The molecule has 0 aromatic heterocycles. The zero-order valence-corrected chi connectivity index (χ0v) is 18.9. The largest absolute Gasteiger partial charge is 0.497 e. The van der Waals surface area contributed by atoms with Crippen LogP contribution in [0.25, 0.3) is 0 Å². The van der Waals surface area contributed by atoms with Crippen LogP contribution in [-0.2, 0) is 14.3 Å². The molecule has 6 nitrogen and oxygen atoms in total. The fourth-order valence-electron chi connectivity index (χ4n) is 3.40. The van der Waals surface area contributed by atoms with Crippen LogP contribution >= 0.6 is 11.8 Å². The van der Waals surface area contributed by atoms with E-state index in [-0.39, 0.29) is 11.2 Å². The number of carbonyl (C=O) groups excluding carboxylic acids is 2. The maximum Gasteiger partial charge on any atom is 0.303 e. The highest BCUT2D eigenvalue weighted by Gasteiger charge is 2.40. The van der Waals surface area contributed by atoms with E-state index in [9.17, 15) is 9.59 Å². The summed E-state index contributed by atoms with van der Waals surface area (Å²) < 4.78 is 10.9. The molecular formula is C23H28N2O4S. The second kappa shape index (κ2) is 9.53.